The molecule has 2 aromatic heterocycles. The number of nitrogens with zero attached hydrogens (tertiary/aromatic N) is 3. The van der Waals surface area contributed by atoms with Crippen molar-refractivity contribution in [2.75, 3.05) is 5.32 Å². The second kappa shape index (κ2) is 6.22. The molecule has 5 nitrogen and oxygen atoms in total. The lowest BCUT2D eigenvalue weighted by molar-refractivity contribution is 0.101. The Balaban J connectivity index is 1.87. The molecule has 1 N–H and O–H groups in total. The minimum atomic E-state index is -0.258. The summed E-state index contributed by atoms with van der Waals surface area (Å²) in [6.45, 7) is 1.87. The molecule has 3 rings (SSSR count). The molecule has 0 aliphatic carbocycles. The Labute approximate surface area is 138 Å². The van der Waals surface area contributed by atoms with Crippen LogP contribution in [0, 0.1) is 6.92 Å². The van der Waals surface area contributed by atoms with Gasteiger partial charge in [0.05, 0.1) is 5.69 Å². The smallest absolute Gasteiger partial charge is 0.275 e. The van der Waals surface area contributed by atoms with E-state index in [9.17, 15) is 4.79 Å². The summed E-state index contributed by atoms with van der Waals surface area (Å²) in [5.74, 6) is 0.256. The molecule has 6 heteroatoms. The van der Waals surface area contributed by atoms with Gasteiger partial charge in [0.15, 0.2) is 0 Å². The molecule has 0 aliphatic heterocycles. The number of nitrogens with one attached hydrogen (secondary N) is 1. The van der Waals surface area contributed by atoms with Crippen molar-refractivity contribution in [3.05, 3.63) is 64.9 Å². The summed E-state index contributed by atoms with van der Waals surface area (Å²) in [6, 6.07) is 14.6. The normalized spacial score (nSPS) is 10.6. The molecule has 3 aromatic rings. The average molecular weight is 327 g/mol. The van der Waals surface area contributed by atoms with Gasteiger partial charge in [0.2, 0.25) is 0 Å². The van der Waals surface area contributed by atoms with Crippen LogP contribution in [-0.4, -0.2) is 20.7 Å². The van der Waals surface area contributed by atoms with Crippen molar-refractivity contribution in [1.82, 2.24) is 14.8 Å². The molecule has 0 spiro atoms. The first-order valence-electron chi connectivity index (χ1n) is 7.08. The van der Waals surface area contributed by atoms with Gasteiger partial charge in [0.25, 0.3) is 5.91 Å². The van der Waals surface area contributed by atoms with E-state index in [0.717, 1.165) is 11.3 Å². The van der Waals surface area contributed by atoms with E-state index in [1.165, 1.54) is 0 Å². The Morgan fingerprint density at radius 3 is 2.70 bits per heavy atom. The molecule has 0 radical (unpaired) electrons. The van der Waals surface area contributed by atoms with Crippen LogP contribution in [0.25, 0.3) is 11.3 Å². The first kappa shape index (κ1) is 15.2. The number of rotatable bonds is 3. The van der Waals surface area contributed by atoms with Gasteiger partial charge < -0.3 is 5.32 Å². The number of aryl methyl sites for hydroxylation is 2. The highest BCUT2D eigenvalue weighted by Gasteiger charge is 2.15. The van der Waals surface area contributed by atoms with Crippen LogP contribution in [0.2, 0.25) is 5.02 Å². The molecular formula is C17H15ClN4O. The van der Waals surface area contributed by atoms with Crippen LogP contribution >= 0.6 is 11.6 Å². The van der Waals surface area contributed by atoms with Crippen molar-refractivity contribution in [2.24, 2.45) is 7.05 Å². The Morgan fingerprint density at radius 1 is 1.17 bits per heavy atom. The summed E-state index contributed by atoms with van der Waals surface area (Å²) in [5, 5.41) is 7.79. The molecule has 0 bridgehead atoms. The molecule has 23 heavy (non-hydrogen) atoms. The number of carbonyl (C=O) groups is 1. The fourth-order valence-electron chi connectivity index (χ4n) is 2.26. The number of anilines is 1. The van der Waals surface area contributed by atoms with Crippen LogP contribution in [0.1, 0.15) is 16.2 Å². The molecule has 0 saturated heterocycles. The van der Waals surface area contributed by atoms with Crippen LogP contribution in [0.3, 0.4) is 0 Å². The summed E-state index contributed by atoms with van der Waals surface area (Å²) in [4.78, 5) is 16.7. The molecule has 1 amide bonds. The zero-order valence-electron chi connectivity index (χ0n) is 12.7. The molecule has 0 aliphatic rings. The van der Waals surface area contributed by atoms with E-state index in [4.69, 9.17) is 11.6 Å². The maximum Gasteiger partial charge on any atom is 0.275 e. The van der Waals surface area contributed by atoms with E-state index in [1.54, 1.807) is 29.9 Å². The van der Waals surface area contributed by atoms with Crippen molar-refractivity contribution in [3.63, 3.8) is 0 Å². The van der Waals surface area contributed by atoms with Crippen molar-refractivity contribution in [3.8, 4) is 11.3 Å². The second-order valence-corrected chi connectivity index (χ2v) is 5.60. The fourth-order valence-corrected chi connectivity index (χ4v) is 2.45. The maximum absolute atomic E-state index is 12.4. The Kier molecular flexibility index (Phi) is 4.12. The summed E-state index contributed by atoms with van der Waals surface area (Å²) in [7, 11) is 1.73. The van der Waals surface area contributed by atoms with Gasteiger partial charge in [0, 0.05) is 23.3 Å². The van der Waals surface area contributed by atoms with E-state index < -0.39 is 0 Å². The van der Waals surface area contributed by atoms with Crippen molar-refractivity contribution >= 4 is 23.3 Å². The predicted octanol–water partition coefficient (Wildman–Crippen LogP) is 3.70. The molecule has 0 unspecified atom stereocenters. The number of aromatic nitrogens is 3. The Morgan fingerprint density at radius 2 is 1.96 bits per heavy atom. The molecule has 0 fully saturated rings. The van der Waals surface area contributed by atoms with E-state index >= 15 is 0 Å². The standard InChI is InChI=1S/C17H15ClN4O/c1-11-5-3-8-16(19-11)20-17(23)15-10-14(21-22(15)2)12-6-4-7-13(18)9-12/h3-10H,1-2H3,(H,19,20,23). The molecule has 2 heterocycles. The van der Waals surface area contributed by atoms with Crippen LogP contribution in [0.5, 0.6) is 0 Å². The third-order valence-corrected chi connectivity index (χ3v) is 3.60. The van der Waals surface area contributed by atoms with Crippen LogP contribution in [-0.2, 0) is 7.05 Å². The maximum atomic E-state index is 12.4. The lowest BCUT2D eigenvalue weighted by Gasteiger charge is -2.04. The topological polar surface area (TPSA) is 59.8 Å². The number of benzene rings is 1. The highest BCUT2D eigenvalue weighted by atomic mass is 35.5. The van der Waals surface area contributed by atoms with E-state index in [0.29, 0.717) is 22.2 Å². The number of hydrogen-bond acceptors (Lipinski definition) is 3. The van der Waals surface area contributed by atoms with Gasteiger partial charge >= 0.3 is 0 Å². The van der Waals surface area contributed by atoms with E-state index in [2.05, 4.69) is 15.4 Å². The quantitative estimate of drug-likeness (QED) is 0.798. The fraction of sp³-hybridized carbons (Fsp3) is 0.118. The van der Waals surface area contributed by atoms with E-state index in [-0.39, 0.29) is 5.91 Å². The van der Waals surface area contributed by atoms with Gasteiger partial charge in [-0.25, -0.2) is 4.98 Å². The molecular weight excluding hydrogens is 312 g/mol. The van der Waals surface area contributed by atoms with E-state index in [1.807, 2.05) is 37.3 Å². The first-order valence-corrected chi connectivity index (χ1v) is 7.46. The van der Waals surface area contributed by atoms with Gasteiger partial charge in [-0.2, -0.15) is 5.10 Å². The van der Waals surface area contributed by atoms with Crippen molar-refractivity contribution < 1.29 is 4.79 Å². The average Bonchev–Trinajstić information content (AvgIpc) is 2.89. The highest BCUT2D eigenvalue weighted by Crippen LogP contribution is 2.22. The van der Waals surface area contributed by atoms with Crippen LogP contribution in [0.4, 0.5) is 5.82 Å². The van der Waals surface area contributed by atoms with Gasteiger partial charge in [-0.1, -0.05) is 29.8 Å². The number of pyridine rings is 1. The summed E-state index contributed by atoms with van der Waals surface area (Å²) in [5.41, 5.74) is 2.84. The minimum Gasteiger partial charge on any atom is -0.305 e. The number of amides is 1. The first-order chi connectivity index (χ1) is 11.0. The zero-order chi connectivity index (χ0) is 16.4. The highest BCUT2D eigenvalue weighted by molar-refractivity contribution is 6.30. The largest absolute Gasteiger partial charge is 0.305 e. The second-order valence-electron chi connectivity index (χ2n) is 5.17. The van der Waals surface area contributed by atoms with Gasteiger partial charge in [-0.05, 0) is 37.3 Å². The third kappa shape index (κ3) is 3.40. The van der Waals surface area contributed by atoms with Crippen molar-refractivity contribution in [2.45, 2.75) is 6.92 Å². The Bertz CT molecular complexity index is 873. The summed E-state index contributed by atoms with van der Waals surface area (Å²) >= 11 is 6.00. The summed E-state index contributed by atoms with van der Waals surface area (Å²) < 4.78 is 1.54. The minimum absolute atomic E-state index is 0.258. The van der Waals surface area contributed by atoms with Gasteiger partial charge in [-0.3, -0.25) is 9.48 Å². The van der Waals surface area contributed by atoms with Gasteiger partial charge in [0.1, 0.15) is 11.5 Å². The number of carbonyl (C=O) groups excluding carboxylic acids is 1. The number of halogens is 1. The number of hydrogen-bond donors (Lipinski definition) is 1. The molecule has 116 valence electrons. The monoisotopic (exact) mass is 326 g/mol. The molecule has 1 aromatic carbocycles. The van der Waals surface area contributed by atoms with Crippen LogP contribution < -0.4 is 5.32 Å². The van der Waals surface area contributed by atoms with Crippen LogP contribution in [0.15, 0.2) is 48.5 Å². The lowest BCUT2D eigenvalue weighted by Crippen LogP contribution is -2.16. The lowest BCUT2D eigenvalue weighted by atomic mass is 10.1. The molecule has 0 atom stereocenters. The third-order valence-electron chi connectivity index (χ3n) is 3.36. The van der Waals surface area contributed by atoms with Gasteiger partial charge in [-0.15, -0.1) is 0 Å². The predicted molar refractivity (Wildman–Crippen MR) is 90.6 cm³/mol. The van der Waals surface area contributed by atoms with Crippen molar-refractivity contribution in [1.29, 1.82) is 0 Å². The molecule has 0 saturated carbocycles. The zero-order valence-corrected chi connectivity index (χ0v) is 13.5. The Hall–Kier alpha value is -2.66. The summed E-state index contributed by atoms with van der Waals surface area (Å²) in [6.07, 6.45) is 0. The SMILES string of the molecule is Cc1cccc(NC(=O)c2cc(-c3cccc(Cl)c3)nn2C)n1.